The first-order valence-electron chi connectivity index (χ1n) is 9.39. The third-order valence-electron chi connectivity index (χ3n) is 5.06. The Kier molecular flexibility index (Phi) is 5.00. The molecule has 3 aromatic heterocycles. The predicted molar refractivity (Wildman–Crippen MR) is 99.3 cm³/mol. The van der Waals surface area contributed by atoms with Crippen LogP contribution in [0.4, 0.5) is 0 Å². The molecule has 3 aromatic rings. The number of likely N-dealkylation sites (tertiary alicyclic amines) is 1. The summed E-state index contributed by atoms with van der Waals surface area (Å²) in [4.78, 5) is 23.3. The first kappa shape index (κ1) is 17.5. The average molecular weight is 365 g/mol. The van der Waals surface area contributed by atoms with Gasteiger partial charge in [0.25, 0.3) is 5.91 Å². The van der Waals surface area contributed by atoms with Crippen molar-refractivity contribution in [2.45, 2.75) is 38.6 Å². The van der Waals surface area contributed by atoms with Crippen LogP contribution in [-0.2, 0) is 13.0 Å². The summed E-state index contributed by atoms with van der Waals surface area (Å²) in [6, 6.07) is 5.77. The van der Waals surface area contributed by atoms with E-state index in [0.29, 0.717) is 12.3 Å². The van der Waals surface area contributed by atoms with Crippen molar-refractivity contribution in [1.82, 2.24) is 24.6 Å². The summed E-state index contributed by atoms with van der Waals surface area (Å²) in [6.07, 6.45) is 10.2. The summed E-state index contributed by atoms with van der Waals surface area (Å²) in [5.74, 6) is 1.48. The molecule has 0 N–H and O–H groups in total. The van der Waals surface area contributed by atoms with Crippen LogP contribution in [0.15, 0.2) is 47.5 Å². The molecule has 0 spiro atoms. The number of carbonyl (C=O) groups excluding carboxylic acids is 1. The van der Waals surface area contributed by atoms with Gasteiger partial charge in [0, 0.05) is 56.4 Å². The molecule has 0 radical (unpaired) electrons. The number of rotatable bonds is 5. The molecule has 7 heteroatoms. The van der Waals surface area contributed by atoms with Gasteiger partial charge in [0.1, 0.15) is 5.82 Å². The molecular formula is C20H23N5O2. The zero-order valence-electron chi connectivity index (χ0n) is 15.4. The molecule has 0 bridgehead atoms. The van der Waals surface area contributed by atoms with Gasteiger partial charge >= 0.3 is 0 Å². The fraction of sp³-hybridized carbons (Fsp3) is 0.400. The molecule has 0 aliphatic carbocycles. The lowest BCUT2D eigenvalue weighted by atomic mass is 9.96. The smallest absolute Gasteiger partial charge is 0.292 e. The van der Waals surface area contributed by atoms with Gasteiger partial charge in [-0.2, -0.15) is 0 Å². The van der Waals surface area contributed by atoms with Crippen LogP contribution in [0, 0.1) is 0 Å². The van der Waals surface area contributed by atoms with Crippen LogP contribution in [0.1, 0.15) is 53.3 Å². The van der Waals surface area contributed by atoms with Gasteiger partial charge < -0.3 is 14.0 Å². The van der Waals surface area contributed by atoms with E-state index in [9.17, 15) is 4.79 Å². The number of aromatic nitrogens is 4. The van der Waals surface area contributed by atoms with E-state index in [2.05, 4.69) is 19.7 Å². The molecule has 1 saturated heterocycles. The van der Waals surface area contributed by atoms with Crippen LogP contribution in [0.2, 0.25) is 0 Å². The summed E-state index contributed by atoms with van der Waals surface area (Å²) < 4.78 is 7.40. The standard InChI is InChI=1S/C20H23N5O2/c1-2-17-12-18(27-23-17)20(26)25-10-3-4-16(14-25)19-22-9-11-24(19)13-15-5-7-21-8-6-15/h5-9,11-12,16H,2-4,10,13-14H2,1H3/t16-/m0/s1. The van der Waals surface area contributed by atoms with Gasteiger partial charge in [-0.1, -0.05) is 12.1 Å². The molecule has 7 nitrogen and oxygen atoms in total. The van der Waals surface area contributed by atoms with E-state index in [-0.39, 0.29) is 11.8 Å². The fourth-order valence-electron chi connectivity index (χ4n) is 3.61. The third kappa shape index (κ3) is 3.77. The van der Waals surface area contributed by atoms with Crippen molar-refractivity contribution in [2.24, 2.45) is 0 Å². The Hall–Kier alpha value is -2.96. The summed E-state index contributed by atoms with van der Waals surface area (Å²) in [6.45, 7) is 4.13. The maximum Gasteiger partial charge on any atom is 0.292 e. The molecule has 140 valence electrons. The predicted octanol–water partition coefficient (Wildman–Crippen LogP) is 2.90. The quantitative estimate of drug-likeness (QED) is 0.695. The van der Waals surface area contributed by atoms with E-state index < -0.39 is 0 Å². The molecule has 1 aliphatic heterocycles. The second-order valence-corrected chi connectivity index (χ2v) is 6.90. The Bertz CT molecular complexity index is 902. The van der Waals surface area contributed by atoms with Gasteiger partial charge in [-0.3, -0.25) is 9.78 Å². The van der Waals surface area contributed by atoms with Gasteiger partial charge in [0.2, 0.25) is 5.76 Å². The van der Waals surface area contributed by atoms with Crippen molar-refractivity contribution in [2.75, 3.05) is 13.1 Å². The van der Waals surface area contributed by atoms with E-state index in [1.165, 1.54) is 5.56 Å². The highest BCUT2D eigenvalue weighted by Gasteiger charge is 2.29. The number of pyridine rings is 1. The Morgan fingerprint density at radius 3 is 2.93 bits per heavy atom. The Morgan fingerprint density at radius 2 is 2.15 bits per heavy atom. The summed E-state index contributed by atoms with van der Waals surface area (Å²) in [7, 11) is 0. The molecule has 4 heterocycles. The number of amides is 1. The molecule has 1 amide bonds. The lowest BCUT2D eigenvalue weighted by Gasteiger charge is -2.32. The van der Waals surface area contributed by atoms with E-state index in [4.69, 9.17) is 4.52 Å². The number of piperidine rings is 1. The maximum atomic E-state index is 12.8. The molecule has 0 aromatic carbocycles. The van der Waals surface area contributed by atoms with Crippen LogP contribution in [0.5, 0.6) is 0 Å². The number of aryl methyl sites for hydroxylation is 1. The lowest BCUT2D eigenvalue weighted by molar-refractivity contribution is 0.0661. The number of imidazole rings is 1. The van der Waals surface area contributed by atoms with E-state index >= 15 is 0 Å². The average Bonchev–Trinajstić information content (AvgIpc) is 3.38. The van der Waals surface area contributed by atoms with Gasteiger partial charge in [-0.15, -0.1) is 0 Å². The lowest BCUT2D eigenvalue weighted by Crippen LogP contribution is -2.39. The van der Waals surface area contributed by atoms with Gasteiger partial charge in [-0.25, -0.2) is 4.98 Å². The molecule has 1 atom stereocenters. The minimum Gasteiger partial charge on any atom is -0.351 e. The Labute approximate surface area is 158 Å². The molecule has 1 aliphatic rings. The highest BCUT2D eigenvalue weighted by Crippen LogP contribution is 2.27. The largest absolute Gasteiger partial charge is 0.351 e. The molecule has 4 rings (SSSR count). The van der Waals surface area contributed by atoms with Crippen LogP contribution >= 0.6 is 0 Å². The topological polar surface area (TPSA) is 77.0 Å². The Morgan fingerprint density at radius 1 is 1.30 bits per heavy atom. The van der Waals surface area contributed by atoms with Crippen LogP contribution in [0.25, 0.3) is 0 Å². The van der Waals surface area contributed by atoms with Crippen LogP contribution < -0.4 is 0 Å². The number of hydrogen-bond donors (Lipinski definition) is 0. The molecule has 0 saturated carbocycles. The van der Waals surface area contributed by atoms with Crippen molar-refractivity contribution >= 4 is 5.91 Å². The van der Waals surface area contributed by atoms with Gasteiger partial charge in [0.05, 0.1) is 5.69 Å². The minimum absolute atomic E-state index is 0.0841. The second kappa shape index (κ2) is 7.73. The van der Waals surface area contributed by atoms with Crippen LogP contribution in [-0.4, -0.2) is 43.6 Å². The minimum atomic E-state index is -0.0841. The summed E-state index contributed by atoms with van der Waals surface area (Å²) in [5, 5.41) is 3.94. The fourth-order valence-corrected chi connectivity index (χ4v) is 3.61. The molecule has 27 heavy (non-hydrogen) atoms. The monoisotopic (exact) mass is 365 g/mol. The number of nitrogens with zero attached hydrogens (tertiary/aromatic N) is 5. The van der Waals surface area contributed by atoms with Crippen molar-refractivity contribution < 1.29 is 9.32 Å². The third-order valence-corrected chi connectivity index (χ3v) is 5.06. The molecular weight excluding hydrogens is 342 g/mol. The zero-order chi connectivity index (χ0) is 18.6. The number of carbonyl (C=O) groups is 1. The molecule has 1 fully saturated rings. The van der Waals surface area contributed by atoms with E-state index in [0.717, 1.165) is 43.9 Å². The van der Waals surface area contributed by atoms with Gasteiger partial charge in [-0.05, 0) is 37.0 Å². The highest BCUT2D eigenvalue weighted by atomic mass is 16.5. The van der Waals surface area contributed by atoms with Crippen LogP contribution in [0.3, 0.4) is 0 Å². The zero-order valence-corrected chi connectivity index (χ0v) is 15.4. The first-order valence-corrected chi connectivity index (χ1v) is 9.39. The Balaban J connectivity index is 1.49. The maximum absolute atomic E-state index is 12.8. The number of hydrogen-bond acceptors (Lipinski definition) is 5. The van der Waals surface area contributed by atoms with Crippen molar-refractivity contribution in [1.29, 1.82) is 0 Å². The van der Waals surface area contributed by atoms with Gasteiger partial charge in [0.15, 0.2) is 0 Å². The molecule has 0 unspecified atom stereocenters. The summed E-state index contributed by atoms with van der Waals surface area (Å²) in [5.41, 5.74) is 1.99. The SMILES string of the molecule is CCc1cc(C(=O)N2CCC[C@H](c3nccn3Cc3ccncc3)C2)on1. The first-order chi connectivity index (χ1) is 13.2. The highest BCUT2D eigenvalue weighted by molar-refractivity contribution is 5.91. The summed E-state index contributed by atoms with van der Waals surface area (Å²) >= 11 is 0. The normalized spacial score (nSPS) is 17.2. The van der Waals surface area contributed by atoms with E-state index in [1.807, 2.05) is 36.4 Å². The van der Waals surface area contributed by atoms with E-state index in [1.54, 1.807) is 18.5 Å². The van der Waals surface area contributed by atoms with Crippen molar-refractivity contribution in [3.8, 4) is 0 Å². The second-order valence-electron chi connectivity index (χ2n) is 6.90. The van der Waals surface area contributed by atoms with Crippen molar-refractivity contribution in [3.63, 3.8) is 0 Å². The van der Waals surface area contributed by atoms with Crippen molar-refractivity contribution in [3.05, 3.63) is 65.8 Å².